The fraction of sp³-hybridized carbons (Fsp3) is 0.320. The Kier molecular flexibility index (Phi) is 5.65. The van der Waals surface area contributed by atoms with E-state index in [0.717, 1.165) is 42.8 Å². The first-order valence-corrected chi connectivity index (χ1v) is 11.9. The van der Waals surface area contributed by atoms with Gasteiger partial charge in [-0.05, 0) is 72.5 Å². The molecule has 0 saturated heterocycles. The predicted octanol–water partition coefficient (Wildman–Crippen LogP) is 5.50. The SMILES string of the molecule is CSc1ccc(CNCc2ccc3c(n2)OCCN3c2ccc(C3CC3)cc2)cc1. The van der Waals surface area contributed by atoms with E-state index < -0.39 is 0 Å². The van der Waals surface area contributed by atoms with Crippen LogP contribution in [0.25, 0.3) is 0 Å². The number of hydrogen-bond acceptors (Lipinski definition) is 5. The second-order valence-corrected chi connectivity index (χ2v) is 8.82. The maximum atomic E-state index is 5.90. The van der Waals surface area contributed by atoms with Gasteiger partial charge in [0.15, 0.2) is 0 Å². The number of thioether (sulfide) groups is 1. The van der Waals surface area contributed by atoms with Crippen molar-refractivity contribution in [3.05, 3.63) is 77.5 Å². The Labute approximate surface area is 182 Å². The first-order chi connectivity index (χ1) is 14.8. The topological polar surface area (TPSA) is 37.4 Å². The normalized spacial score (nSPS) is 15.6. The van der Waals surface area contributed by atoms with Crippen LogP contribution in [0.4, 0.5) is 11.4 Å². The Balaban J connectivity index is 1.24. The van der Waals surface area contributed by atoms with Crippen LogP contribution in [-0.4, -0.2) is 24.4 Å². The highest BCUT2D eigenvalue weighted by molar-refractivity contribution is 7.98. The van der Waals surface area contributed by atoms with Crippen LogP contribution in [-0.2, 0) is 13.1 Å². The van der Waals surface area contributed by atoms with Crippen molar-refractivity contribution in [2.45, 2.75) is 36.7 Å². The highest BCUT2D eigenvalue weighted by atomic mass is 32.2. The number of pyridine rings is 1. The Bertz CT molecular complexity index is 1000. The van der Waals surface area contributed by atoms with Gasteiger partial charge in [-0.15, -0.1) is 11.8 Å². The van der Waals surface area contributed by atoms with Crippen molar-refractivity contribution in [2.75, 3.05) is 24.3 Å². The fourth-order valence-electron chi connectivity index (χ4n) is 3.93. The van der Waals surface area contributed by atoms with Crippen molar-refractivity contribution in [3.63, 3.8) is 0 Å². The summed E-state index contributed by atoms with van der Waals surface area (Å²) in [5, 5.41) is 3.49. The lowest BCUT2D eigenvalue weighted by atomic mass is 10.1. The van der Waals surface area contributed by atoms with Crippen LogP contribution >= 0.6 is 11.8 Å². The third kappa shape index (κ3) is 4.32. The number of nitrogens with zero attached hydrogens (tertiary/aromatic N) is 2. The Hall–Kier alpha value is -2.50. The summed E-state index contributed by atoms with van der Waals surface area (Å²) >= 11 is 1.77. The van der Waals surface area contributed by atoms with Gasteiger partial charge in [-0.25, -0.2) is 4.98 Å². The number of ether oxygens (including phenoxy) is 1. The molecule has 2 aromatic carbocycles. The molecule has 30 heavy (non-hydrogen) atoms. The number of anilines is 2. The van der Waals surface area contributed by atoms with Crippen LogP contribution in [0, 0.1) is 0 Å². The molecule has 1 fully saturated rings. The molecule has 0 spiro atoms. The van der Waals surface area contributed by atoms with E-state index in [2.05, 4.69) is 77.1 Å². The van der Waals surface area contributed by atoms with Crippen LogP contribution in [0.2, 0.25) is 0 Å². The van der Waals surface area contributed by atoms with Crippen LogP contribution in [0.1, 0.15) is 35.6 Å². The predicted molar refractivity (Wildman–Crippen MR) is 124 cm³/mol. The minimum Gasteiger partial charge on any atom is -0.474 e. The molecule has 0 unspecified atom stereocenters. The average Bonchev–Trinajstić information content (AvgIpc) is 3.65. The van der Waals surface area contributed by atoms with Crippen LogP contribution in [0.15, 0.2) is 65.6 Å². The smallest absolute Gasteiger partial charge is 0.238 e. The molecule has 0 atom stereocenters. The maximum Gasteiger partial charge on any atom is 0.238 e. The second-order valence-electron chi connectivity index (χ2n) is 7.94. The zero-order chi connectivity index (χ0) is 20.3. The number of benzene rings is 2. The molecule has 1 aliphatic heterocycles. The van der Waals surface area contributed by atoms with Gasteiger partial charge < -0.3 is 15.0 Å². The van der Waals surface area contributed by atoms with Gasteiger partial charge in [0.1, 0.15) is 12.3 Å². The Morgan fingerprint density at radius 2 is 1.80 bits per heavy atom. The summed E-state index contributed by atoms with van der Waals surface area (Å²) in [6.45, 7) is 3.05. The van der Waals surface area contributed by atoms with Gasteiger partial charge in [0.25, 0.3) is 0 Å². The summed E-state index contributed by atoms with van der Waals surface area (Å²) in [6.07, 6.45) is 4.77. The number of nitrogens with one attached hydrogen (secondary N) is 1. The second kappa shape index (κ2) is 8.70. The summed E-state index contributed by atoms with van der Waals surface area (Å²) in [4.78, 5) is 8.38. The summed E-state index contributed by atoms with van der Waals surface area (Å²) in [7, 11) is 0. The highest BCUT2D eigenvalue weighted by Crippen LogP contribution is 2.41. The molecule has 4 nitrogen and oxygen atoms in total. The largest absolute Gasteiger partial charge is 0.474 e. The molecule has 154 valence electrons. The molecule has 1 N–H and O–H groups in total. The molecule has 1 saturated carbocycles. The van der Waals surface area contributed by atoms with Crippen molar-refractivity contribution < 1.29 is 4.74 Å². The number of hydrogen-bond donors (Lipinski definition) is 1. The molecule has 0 amide bonds. The molecule has 1 aromatic heterocycles. The summed E-state index contributed by atoms with van der Waals surface area (Å²) in [5.74, 6) is 1.52. The van der Waals surface area contributed by atoms with Crippen molar-refractivity contribution >= 4 is 23.1 Å². The Morgan fingerprint density at radius 1 is 1.00 bits per heavy atom. The van der Waals surface area contributed by atoms with Gasteiger partial charge in [-0.3, -0.25) is 0 Å². The third-order valence-corrected chi connectivity index (χ3v) is 6.53. The lowest BCUT2D eigenvalue weighted by Gasteiger charge is -2.30. The minimum absolute atomic E-state index is 0.656. The lowest BCUT2D eigenvalue weighted by Crippen LogP contribution is -2.29. The van der Waals surface area contributed by atoms with E-state index in [-0.39, 0.29) is 0 Å². The first kappa shape index (κ1) is 19.5. The van der Waals surface area contributed by atoms with Gasteiger partial charge in [-0.1, -0.05) is 24.3 Å². The van der Waals surface area contributed by atoms with Crippen molar-refractivity contribution in [1.29, 1.82) is 0 Å². The summed E-state index contributed by atoms with van der Waals surface area (Å²) in [6, 6.07) is 21.9. The van der Waals surface area contributed by atoms with Crippen molar-refractivity contribution in [1.82, 2.24) is 10.3 Å². The van der Waals surface area contributed by atoms with Gasteiger partial charge in [0.05, 0.1) is 12.2 Å². The van der Waals surface area contributed by atoms with Crippen molar-refractivity contribution in [3.8, 4) is 5.88 Å². The van der Waals surface area contributed by atoms with Crippen molar-refractivity contribution in [2.24, 2.45) is 0 Å². The molecule has 0 radical (unpaired) electrons. The highest BCUT2D eigenvalue weighted by Gasteiger charge is 2.25. The van der Waals surface area contributed by atoms with E-state index in [1.807, 2.05) is 0 Å². The fourth-order valence-corrected chi connectivity index (χ4v) is 4.33. The van der Waals surface area contributed by atoms with E-state index in [0.29, 0.717) is 6.61 Å². The molecule has 2 aliphatic rings. The monoisotopic (exact) mass is 417 g/mol. The lowest BCUT2D eigenvalue weighted by molar-refractivity contribution is 0.300. The molecular weight excluding hydrogens is 390 g/mol. The number of fused-ring (bicyclic) bond motifs is 1. The van der Waals surface area contributed by atoms with E-state index in [1.165, 1.54) is 34.6 Å². The third-order valence-electron chi connectivity index (χ3n) is 5.79. The molecule has 1 aliphatic carbocycles. The van der Waals surface area contributed by atoms with Gasteiger partial charge in [0.2, 0.25) is 5.88 Å². The van der Waals surface area contributed by atoms with E-state index in [1.54, 1.807) is 11.8 Å². The first-order valence-electron chi connectivity index (χ1n) is 10.6. The number of aromatic nitrogens is 1. The molecule has 5 heteroatoms. The van der Waals surface area contributed by atoms with Gasteiger partial charge in [0, 0.05) is 23.7 Å². The molecule has 3 aromatic rings. The summed E-state index contributed by atoms with van der Waals surface area (Å²) < 4.78 is 5.90. The zero-order valence-corrected chi connectivity index (χ0v) is 18.1. The van der Waals surface area contributed by atoms with Gasteiger partial charge >= 0.3 is 0 Å². The zero-order valence-electron chi connectivity index (χ0n) is 17.3. The van der Waals surface area contributed by atoms with Gasteiger partial charge in [-0.2, -0.15) is 0 Å². The van der Waals surface area contributed by atoms with E-state index in [4.69, 9.17) is 9.72 Å². The van der Waals surface area contributed by atoms with E-state index in [9.17, 15) is 0 Å². The maximum absolute atomic E-state index is 5.90. The van der Waals surface area contributed by atoms with Crippen LogP contribution in [0.5, 0.6) is 5.88 Å². The summed E-state index contributed by atoms with van der Waals surface area (Å²) in [5.41, 5.74) is 6.01. The molecule has 5 rings (SSSR count). The van der Waals surface area contributed by atoms with Crippen LogP contribution in [0.3, 0.4) is 0 Å². The molecular formula is C25H27N3OS. The number of rotatable bonds is 7. The van der Waals surface area contributed by atoms with Crippen LogP contribution < -0.4 is 15.0 Å². The molecule has 0 bridgehead atoms. The standard InChI is InChI=1S/C25H27N3OS/c1-30-23-11-2-18(3-12-23)16-26-17-21-8-13-24-25(27-21)29-15-14-28(24)22-9-6-20(7-10-22)19-4-5-19/h2-3,6-13,19,26H,4-5,14-17H2,1H3. The minimum atomic E-state index is 0.656. The Morgan fingerprint density at radius 3 is 2.53 bits per heavy atom. The van der Waals surface area contributed by atoms with E-state index >= 15 is 0 Å². The quantitative estimate of drug-likeness (QED) is 0.514. The molecule has 2 heterocycles. The average molecular weight is 418 g/mol.